The number of amides is 2. The summed E-state index contributed by atoms with van der Waals surface area (Å²) in [5.74, 6) is -1.17. The number of benzene rings is 2. The Labute approximate surface area is 209 Å². The van der Waals surface area contributed by atoms with Gasteiger partial charge in [0.2, 0.25) is 0 Å². The van der Waals surface area contributed by atoms with Crippen LogP contribution in [0.3, 0.4) is 0 Å². The summed E-state index contributed by atoms with van der Waals surface area (Å²) in [5, 5.41) is 0. The molecule has 36 heavy (non-hydrogen) atoms. The van der Waals surface area contributed by atoms with Crippen LogP contribution in [-0.2, 0) is 4.79 Å². The van der Waals surface area contributed by atoms with Crippen molar-refractivity contribution in [3.63, 3.8) is 0 Å². The zero-order valence-corrected chi connectivity index (χ0v) is 20.8. The largest absolute Gasteiger partial charge is 0.482 e. The topological polar surface area (TPSA) is 49.9 Å². The van der Waals surface area contributed by atoms with E-state index in [-0.39, 0.29) is 25.4 Å². The molecule has 0 aromatic heterocycles. The molecular weight excluding hydrogens is 469 g/mol. The number of alkyl halides is 3. The number of fused-ring (bicyclic) bond motifs is 1. The average Bonchev–Trinajstić information content (AvgIpc) is 3.06. The van der Waals surface area contributed by atoms with Gasteiger partial charge in [-0.3, -0.25) is 9.59 Å². The van der Waals surface area contributed by atoms with Gasteiger partial charge >= 0.3 is 12.1 Å². The maximum Gasteiger partial charge on any atom is 0.471 e. The van der Waals surface area contributed by atoms with Gasteiger partial charge in [-0.15, -0.1) is 0 Å². The summed E-state index contributed by atoms with van der Waals surface area (Å²) in [7, 11) is 0. The molecule has 5 nitrogen and oxygen atoms in total. The normalized spacial score (nSPS) is 19.7. The van der Waals surface area contributed by atoms with Crippen molar-refractivity contribution in [2.24, 2.45) is 0 Å². The van der Waals surface area contributed by atoms with Crippen molar-refractivity contribution in [2.45, 2.75) is 51.8 Å². The molecule has 1 spiro atoms. The van der Waals surface area contributed by atoms with Crippen molar-refractivity contribution in [3.8, 4) is 5.75 Å². The minimum atomic E-state index is -4.89. The Bertz CT molecular complexity index is 1170. The summed E-state index contributed by atoms with van der Waals surface area (Å²) < 4.78 is 45.6. The molecule has 0 radical (unpaired) electrons. The van der Waals surface area contributed by atoms with Crippen molar-refractivity contribution < 1.29 is 27.5 Å². The first-order valence-corrected chi connectivity index (χ1v) is 12.4. The number of ether oxygens (including phenoxy) is 1. The van der Waals surface area contributed by atoms with Gasteiger partial charge < -0.3 is 14.5 Å². The second-order valence-corrected chi connectivity index (χ2v) is 9.42. The van der Waals surface area contributed by atoms with Gasteiger partial charge in [0.25, 0.3) is 5.91 Å². The van der Waals surface area contributed by atoms with Crippen LogP contribution in [0.25, 0.3) is 5.57 Å². The Morgan fingerprint density at radius 3 is 2.36 bits per heavy atom. The van der Waals surface area contributed by atoms with Crippen molar-refractivity contribution in [3.05, 3.63) is 70.8 Å². The third-order valence-corrected chi connectivity index (χ3v) is 7.00. The standard InChI is InChI=1S/C28H31F3N2O3/c1-4-32(5-2)25(34)21-10-8-20(9-11-21)23-18-27(36-24-12-7-19(3)17-22(23)24)13-6-15-33(16-14-27)26(35)28(29,30)31/h7-12,17-18H,4-6,13-16H2,1-3H3. The van der Waals surface area contributed by atoms with Crippen LogP contribution in [0, 0.1) is 6.92 Å². The summed E-state index contributed by atoms with van der Waals surface area (Å²) in [6, 6.07) is 13.3. The lowest BCUT2D eigenvalue weighted by Gasteiger charge is -2.37. The molecule has 2 aliphatic heterocycles. The number of hydrogen-bond donors (Lipinski definition) is 0. The van der Waals surface area contributed by atoms with Crippen LogP contribution < -0.4 is 4.74 Å². The molecule has 0 aliphatic carbocycles. The van der Waals surface area contributed by atoms with E-state index in [9.17, 15) is 22.8 Å². The van der Waals surface area contributed by atoms with E-state index >= 15 is 0 Å². The van der Waals surface area contributed by atoms with Gasteiger partial charge in [0, 0.05) is 43.7 Å². The number of carbonyl (C=O) groups is 2. The van der Waals surface area contributed by atoms with Crippen LogP contribution in [0.15, 0.2) is 48.5 Å². The number of likely N-dealkylation sites (tertiary alicyclic amines) is 1. The van der Waals surface area contributed by atoms with E-state index in [0.717, 1.165) is 27.2 Å². The van der Waals surface area contributed by atoms with Crippen molar-refractivity contribution in [2.75, 3.05) is 26.2 Å². The third-order valence-electron chi connectivity index (χ3n) is 7.00. The lowest BCUT2D eigenvalue weighted by atomic mass is 9.84. The first-order chi connectivity index (χ1) is 17.1. The maximum absolute atomic E-state index is 13.0. The van der Waals surface area contributed by atoms with Gasteiger partial charge in [0.15, 0.2) is 0 Å². The van der Waals surface area contributed by atoms with Crippen LogP contribution in [0.1, 0.15) is 60.2 Å². The van der Waals surface area contributed by atoms with E-state index in [4.69, 9.17) is 4.74 Å². The van der Waals surface area contributed by atoms with Crippen LogP contribution >= 0.6 is 0 Å². The summed E-state index contributed by atoms with van der Waals surface area (Å²) in [5.41, 5.74) is 3.54. The molecule has 0 N–H and O–H groups in total. The van der Waals surface area contributed by atoms with Crippen LogP contribution in [0.4, 0.5) is 13.2 Å². The predicted molar refractivity (Wildman–Crippen MR) is 132 cm³/mol. The number of carbonyl (C=O) groups excluding carboxylic acids is 2. The Kier molecular flexibility index (Phi) is 7.16. The van der Waals surface area contributed by atoms with Gasteiger partial charge in [-0.1, -0.05) is 23.8 Å². The molecule has 0 saturated carbocycles. The van der Waals surface area contributed by atoms with E-state index in [2.05, 4.69) is 0 Å². The summed E-state index contributed by atoms with van der Waals surface area (Å²) in [6.07, 6.45) is -1.75. The molecule has 192 valence electrons. The van der Waals surface area contributed by atoms with E-state index in [1.54, 1.807) is 4.90 Å². The monoisotopic (exact) mass is 500 g/mol. The third kappa shape index (κ3) is 5.13. The first kappa shape index (κ1) is 25.8. The lowest BCUT2D eigenvalue weighted by Crippen LogP contribution is -2.43. The Balaban J connectivity index is 1.69. The quantitative estimate of drug-likeness (QED) is 0.548. The van der Waals surface area contributed by atoms with Crippen molar-refractivity contribution in [1.29, 1.82) is 0 Å². The second-order valence-electron chi connectivity index (χ2n) is 9.42. The van der Waals surface area contributed by atoms with Gasteiger partial charge in [-0.25, -0.2) is 0 Å². The zero-order valence-electron chi connectivity index (χ0n) is 20.8. The fourth-order valence-electron chi connectivity index (χ4n) is 5.02. The number of aryl methyl sites for hydroxylation is 1. The molecule has 4 rings (SSSR count). The van der Waals surface area contributed by atoms with E-state index in [1.165, 1.54) is 0 Å². The lowest BCUT2D eigenvalue weighted by molar-refractivity contribution is -0.185. The molecule has 2 aromatic carbocycles. The Morgan fingerprint density at radius 1 is 1.03 bits per heavy atom. The first-order valence-electron chi connectivity index (χ1n) is 12.4. The molecule has 2 heterocycles. The van der Waals surface area contributed by atoms with Gasteiger partial charge in [0.05, 0.1) is 0 Å². The van der Waals surface area contributed by atoms with Crippen molar-refractivity contribution in [1.82, 2.24) is 9.80 Å². The van der Waals surface area contributed by atoms with Crippen LogP contribution in [-0.4, -0.2) is 59.6 Å². The summed E-state index contributed by atoms with van der Waals surface area (Å²) >= 11 is 0. The molecule has 2 amide bonds. The highest BCUT2D eigenvalue weighted by Gasteiger charge is 2.45. The highest BCUT2D eigenvalue weighted by Crippen LogP contribution is 2.44. The molecule has 1 unspecified atom stereocenters. The molecule has 8 heteroatoms. The van der Waals surface area contributed by atoms with Crippen LogP contribution in [0.5, 0.6) is 5.75 Å². The Hall–Kier alpha value is -3.29. The minimum Gasteiger partial charge on any atom is -0.482 e. The fourth-order valence-corrected chi connectivity index (χ4v) is 5.02. The maximum atomic E-state index is 13.0. The Morgan fingerprint density at radius 2 is 1.72 bits per heavy atom. The molecule has 1 saturated heterocycles. The fraction of sp³-hybridized carbons (Fsp3) is 0.429. The van der Waals surface area contributed by atoms with Gasteiger partial charge in [0.1, 0.15) is 11.4 Å². The average molecular weight is 501 g/mol. The predicted octanol–water partition coefficient (Wildman–Crippen LogP) is 5.61. The number of hydrogen-bond acceptors (Lipinski definition) is 3. The molecular formula is C28H31F3N2O3. The molecule has 1 fully saturated rings. The molecule has 2 aromatic rings. The smallest absolute Gasteiger partial charge is 0.471 e. The SMILES string of the molecule is CCN(CC)C(=O)c1ccc(C2=CC3(CCCN(C(=O)C(F)(F)F)CC3)Oc3ccc(C)cc32)cc1. The van der Waals surface area contributed by atoms with Gasteiger partial charge in [-0.05, 0) is 75.1 Å². The van der Waals surface area contributed by atoms with Crippen molar-refractivity contribution >= 4 is 17.4 Å². The molecule has 2 aliphatic rings. The number of rotatable bonds is 4. The van der Waals surface area contributed by atoms with E-state index in [1.807, 2.05) is 69.3 Å². The van der Waals surface area contributed by atoms with Crippen LogP contribution in [0.2, 0.25) is 0 Å². The summed E-state index contributed by atoms with van der Waals surface area (Å²) in [4.78, 5) is 27.2. The molecule has 1 atom stereocenters. The second kappa shape index (κ2) is 9.99. The van der Waals surface area contributed by atoms with E-state index < -0.39 is 17.7 Å². The zero-order chi connectivity index (χ0) is 26.1. The number of halogens is 3. The summed E-state index contributed by atoms with van der Waals surface area (Å²) in [6.45, 7) is 7.12. The minimum absolute atomic E-state index is 0.0292. The van der Waals surface area contributed by atoms with Gasteiger partial charge in [-0.2, -0.15) is 13.2 Å². The molecule has 0 bridgehead atoms. The van der Waals surface area contributed by atoms with E-state index in [0.29, 0.717) is 37.2 Å². The number of nitrogens with zero attached hydrogens (tertiary/aromatic N) is 2. The highest BCUT2D eigenvalue weighted by atomic mass is 19.4. The highest BCUT2D eigenvalue weighted by molar-refractivity contribution is 5.95.